The van der Waals surface area contributed by atoms with Gasteiger partial charge in [0.05, 0.1) is 25.2 Å². The number of amides is 2. The molecular formula is C21H32N5O+. The van der Waals surface area contributed by atoms with E-state index < -0.39 is 0 Å². The lowest BCUT2D eigenvalue weighted by Crippen LogP contribution is -2.59. The minimum absolute atomic E-state index is 0.0592. The zero-order valence-corrected chi connectivity index (χ0v) is 16.8. The van der Waals surface area contributed by atoms with Gasteiger partial charge in [-0.25, -0.2) is 9.28 Å². The van der Waals surface area contributed by atoms with Crippen LogP contribution in [0.3, 0.4) is 0 Å². The van der Waals surface area contributed by atoms with Gasteiger partial charge in [-0.15, -0.1) is 0 Å². The summed E-state index contributed by atoms with van der Waals surface area (Å²) >= 11 is 0. The summed E-state index contributed by atoms with van der Waals surface area (Å²) in [5.41, 5.74) is 8.28. The van der Waals surface area contributed by atoms with Gasteiger partial charge in [0.2, 0.25) is 0 Å². The van der Waals surface area contributed by atoms with Crippen molar-refractivity contribution in [1.82, 2.24) is 4.90 Å². The quantitative estimate of drug-likeness (QED) is 0.653. The molecule has 0 aromatic heterocycles. The number of hydrogen-bond acceptors (Lipinski definition) is 4. The summed E-state index contributed by atoms with van der Waals surface area (Å²) in [5.74, 6) is 0.513. The number of nitrogens with zero attached hydrogens (tertiary/aromatic N) is 4. The fourth-order valence-corrected chi connectivity index (χ4v) is 5.07. The molecule has 2 aliphatic rings. The molecule has 27 heavy (non-hydrogen) atoms. The van der Waals surface area contributed by atoms with E-state index in [-0.39, 0.29) is 18.1 Å². The lowest BCUT2D eigenvalue weighted by molar-refractivity contribution is -0.890. The number of piperazine rings is 1. The molecule has 6 heteroatoms. The van der Waals surface area contributed by atoms with Crippen LogP contribution in [0, 0.1) is 17.2 Å². The number of rotatable bonds is 4. The van der Waals surface area contributed by atoms with Crippen molar-refractivity contribution in [2.75, 3.05) is 44.2 Å². The highest BCUT2D eigenvalue weighted by molar-refractivity contribution is 5.65. The number of carbonyl (C=O) groups is 1. The summed E-state index contributed by atoms with van der Waals surface area (Å²) in [5, 5.41) is 8.83. The third-order valence-electron chi connectivity index (χ3n) is 6.65. The fourth-order valence-electron chi connectivity index (χ4n) is 5.07. The molecule has 2 fully saturated rings. The largest absolute Gasteiger partial charge is 0.414 e. The van der Waals surface area contributed by atoms with Gasteiger partial charge in [0.15, 0.2) is 0 Å². The van der Waals surface area contributed by atoms with E-state index in [1.165, 1.54) is 11.3 Å². The Morgan fingerprint density at radius 1 is 1.26 bits per heavy atom. The van der Waals surface area contributed by atoms with Crippen molar-refractivity contribution in [2.45, 2.75) is 39.3 Å². The van der Waals surface area contributed by atoms with Crippen molar-refractivity contribution in [1.29, 1.82) is 5.26 Å². The summed E-state index contributed by atoms with van der Waals surface area (Å²) < 4.78 is 0.355. The second-order valence-electron chi connectivity index (χ2n) is 8.33. The minimum atomic E-state index is -0.211. The van der Waals surface area contributed by atoms with Crippen molar-refractivity contribution in [2.24, 2.45) is 11.7 Å². The maximum atomic E-state index is 12.5. The Labute approximate surface area is 162 Å². The van der Waals surface area contributed by atoms with Crippen LogP contribution in [0.5, 0.6) is 0 Å². The van der Waals surface area contributed by atoms with E-state index in [0.717, 1.165) is 39.1 Å². The summed E-state index contributed by atoms with van der Waals surface area (Å²) in [6.07, 6.45) is 1.04. The molecule has 4 atom stereocenters. The lowest BCUT2D eigenvalue weighted by atomic mass is 10.0. The molecule has 0 radical (unpaired) electrons. The Kier molecular flexibility index (Phi) is 5.73. The van der Waals surface area contributed by atoms with Gasteiger partial charge in [-0.3, -0.25) is 4.90 Å². The number of benzene rings is 1. The highest BCUT2D eigenvalue weighted by atomic mass is 16.2. The standard InChI is InChI=1S/C21H31N5O/c1-16-14-17(2)26(15-16,21(23)27)18(3)19-4-6-20(7-5-19)25-12-10-24(9-8-22)11-13-25/h4-7,16-18H,9-15H2,1-3H3,(H-,23,27)/p+1/t16-,17?,18-,26?/m0/s1. The van der Waals surface area contributed by atoms with Crippen molar-refractivity contribution in [3.05, 3.63) is 29.8 Å². The Morgan fingerprint density at radius 2 is 1.89 bits per heavy atom. The molecule has 0 spiro atoms. The molecule has 6 nitrogen and oxygen atoms in total. The maximum absolute atomic E-state index is 12.5. The van der Waals surface area contributed by atoms with Crippen LogP contribution in [0.4, 0.5) is 10.5 Å². The highest BCUT2D eigenvalue weighted by Gasteiger charge is 2.51. The first kappa shape index (κ1) is 19.7. The molecule has 2 aliphatic heterocycles. The zero-order chi connectivity index (χ0) is 19.6. The van der Waals surface area contributed by atoms with Crippen LogP contribution in [-0.2, 0) is 0 Å². The first-order chi connectivity index (χ1) is 12.9. The first-order valence-electron chi connectivity index (χ1n) is 10.00. The van der Waals surface area contributed by atoms with E-state index >= 15 is 0 Å². The second kappa shape index (κ2) is 7.87. The number of nitrogens with two attached hydrogens (primary N) is 1. The fraction of sp³-hybridized carbons (Fsp3) is 0.619. The Bertz CT molecular complexity index is 704. The molecular weight excluding hydrogens is 338 g/mol. The van der Waals surface area contributed by atoms with Gasteiger partial charge in [-0.1, -0.05) is 19.1 Å². The number of primary amides is 1. The molecule has 3 rings (SSSR count). The molecule has 2 N–H and O–H groups in total. The van der Waals surface area contributed by atoms with Crippen LogP contribution < -0.4 is 10.6 Å². The van der Waals surface area contributed by atoms with Crippen molar-refractivity contribution in [3.8, 4) is 6.07 Å². The number of nitriles is 1. The molecule has 1 aromatic rings. The third-order valence-corrected chi connectivity index (χ3v) is 6.65. The van der Waals surface area contributed by atoms with Gasteiger partial charge in [-0.05, 0) is 26.0 Å². The molecule has 0 bridgehead atoms. The van der Waals surface area contributed by atoms with E-state index in [1.54, 1.807) is 0 Å². The first-order valence-corrected chi connectivity index (χ1v) is 10.00. The van der Waals surface area contributed by atoms with Crippen molar-refractivity contribution >= 4 is 11.7 Å². The predicted molar refractivity (Wildman–Crippen MR) is 107 cm³/mol. The molecule has 2 saturated heterocycles. The van der Waals surface area contributed by atoms with E-state index in [1.807, 2.05) is 0 Å². The van der Waals surface area contributed by atoms with E-state index in [2.05, 4.69) is 60.9 Å². The smallest absolute Gasteiger partial charge is 0.369 e. The highest BCUT2D eigenvalue weighted by Crippen LogP contribution is 2.40. The molecule has 1 aromatic carbocycles. The van der Waals surface area contributed by atoms with Gasteiger partial charge >= 0.3 is 6.03 Å². The van der Waals surface area contributed by atoms with Crippen LogP contribution in [0.25, 0.3) is 0 Å². The third kappa shape index (κ3) is 3.67. The van der Waals surface area contributed by atoms with Gasteiger partial charge in [0, 0.05) is 49.8 Å². The molecule has 2 amide bonds. The topological polar surface area (TPSA) is 73.4 Å². The zero-order valence-electron chi connectivity index (χ0n) is 16.8. The summed E-state index contributed by atoms with van der Waals surface area (Å²) in [6, 6.07) is 11.0. The van der Waals surface area contributed by atoms with E-state index in [0.29, 0.717) is 16.9 Å². The molecule has 2 heterocycles. The normalized spacial score (nSPS) is 30.1. The molecule has 2 unspecified atom stereocenters. The monoisotopic (exact) mass is 370 g/mol. The van der Waals surface area contributed by atoms with Crippen LogP contribution in [0.15, 0.2) is 24.3 Å². The number of likely N-dealkylation sites (tertiary alicyclic amines) is 1. The Balaban J connectivity index is 1.73. The number of hydrogen-bond donors (Lipinski definition) is 1. The summed E-state index contributed by atoms with van der Waals surface area (Å²) in [4.78, 5) is 17.0. The molecule has 146 valence electrons. The average molecular weight is 371 g/mol. The molecule has 0 saturated carbocycles. The summed E-state index contributed by atoms with van der Waals surface area (Å²) in [7, 11) is 0. The lowest BCUT2D eigenvalue weighted by Gasteiger charge is -2.40. The van der Waals surface area contributed by atoms with Crippen molar-refractivity contribution < 1.29 is 9.28 Å². The van der Waals surface area contributed by atoms with E-state index in [9.17, 15) is 4.79 Å². The van der Waals surface area contributed by atoms with Crippen LogP contribution in [0.1, 0.15) is 38.8 Å². The SMILES string of the molecule is CC1C[C@H](C)C[N+]1(C(N)=O)[C@@H](C)c1ccc(N2CCN(CC#N)CC2)cc1. The number of anilines is 1. The van der Waals surface area contributed by atoms with Gasteiger partial charge in [0.25, 0.3) is 0 Å². The van der Waals surface area contributed by atoms with Crippen molar-refractivity contribution in [3.63, 3.8) is 0 Å². The van der Waals surface area contributed by atoms with Crippen LogP contribution >= 0.6 is 0 Å². The number of urea groups is 1. The Morgan fingerprint density at radius 3 is 2.37 bits per heavy atom. The van der Waals surface area contributed by atoms with Gasteiger partial charge in [-0.2, -0.15) is 5.26 Å². The average Bonchev–Trinajstić information content (AvgIpc) is 2.97. The van der Waals surface area contributed by atoms with Gasteiger partial charge in [0.1, 0.15) is 6.04 Å². The van der Waals surface area contributed by atoms with Crippen LogP contribution in [-0.4, -0.2) is 60.7 Å². The summed E-state index contributed by atoms with van der Waals surface area (Å²) in [6.45, 7) is 11.5. The molecule has 0 aliphatic carbocycles. The van der Waals surface area contributed by atoms with E-state index in [4.69, 9.17) is 11.0 Å². The number of carbonyl (C=O) groups excluding carboxylic acids is 1. The van der Waals surface area contributed by atoms with Crippen LogP contribution in [0.2, 0.25) is 0 Å². The Hall–Kier alpha value is -2.10. The minimum Gasteiger partial charge on any atom is -0.369 e. The number of quaternary nitrogens is 1. The second-order valence-corrected chi connectivity index (χ2v) is 8.33. The van der Waals surface area contributed by atoms with Gasteiger partial charge < -0.3 is 10.6 Å². The predicted octanol–water partition coefficient (Wildman–Crippen LogP) is 2.72. The maximum Gasteiger partial charge on any atom is 0.414 e.